The predicted molar refractivity (Wildman–Crippen MR) is 85.2 cm³/mol. The fourth-order valence-electron chi connectivity index (χ4n) is 3.06. The quantitative estimate of drug-likeness (QED) is 0.923. The number of aromatic nitrogens is 1. The molecule has 2 heterocycles. The highest BCUT2D eigenvalue weighted by atomic mass is 16.3. The molecule has 120 valence electrons. The summed E-state index contributed by atoms with van der Waals surface area (Å²) in [5.74, 6) is 2.83. The van der Waals surface area contributed by atoms with E-state index in [4.69, 9.17) is 4.42 Å². The maximum Gasteiger partial charge on any atom is 0.260 e. The number of H-pyrrole nitrogens is 1. The van der Waals surface area contributed by atoms with Gasteiger partial charge in [-0.05, 0) is 49.4 Å². The lowest BCUT2D eigenvalue weighted by Gasteiger charge is -2.20. The van der Waals surface area contributed by atoms with Gasteiger partial charge < -0.3 is 14.3 Å². The van der Waals surface area contributed by atoms with Gasteiger partial charge in [-0.15, -0.1) is 0 Å². The molecule has 1 N–H and O–H groups in total. The largest absolute Gasteiger partial charge is 0.464 e. The molecule has 2 aromatic rings. The Labute approximate surface area is 134 Å². The van der Waals surface area contributed by atoms with Gasteiger partial charge in [0.2, 0.25) is 0 Å². The molecule has 0 aliphatic heterocycles. The topological polar surface area (TPSA) is 66.3 Å². The minimum Gasteiger partial charge on any atom is -0.464 e. The molecule has 0 bridgehead atoms. The van der Waals surface area contributed by atoms with E-state index in [1.807, 2.05) is 12.1 Å². The second-order valence-electron chi connectivity index (χ2n) is 6.70. The highest BCUT2D eigenvalue weighted by Gasteiger charge is 2.38. The van der Waals surface area contributed by atoms with E-state index in [9.17, 15) is 9.59 Å². The van der Waals surface area contributed by atoms with Crippen LogP contribution in [0.5, 0.6) is 0 Å². The number of hydrogen-bond donors (Lipinski definition) is 1. The number of pyridine rings is 1. The highest BCUT2D eigenvalue weighted by molar-refractivity contribution is 5.94. The lowest BCUT2D eigenvalue weighted by molar-refractivity contribution is 0.0715. The molecule has 4 rings (SSSR count). The summed E-state index contributed by atoms with van der Waals surface area (Å²) in [5, 5.41) is 0. The molecule has 1 amide bonds. The molecule has 0 spiro atoms. The summed E-state index contributed by atoms with van der Waals surface area (Å²) in [6, 6.07) is 7.46. The Hall–Kier alpha value is -2.30. The zero-order chi connectivity index (χ0) is 16.0. The fourth-order valence-corrected chi connectivity index (χ4v) is 3.06. The smallest absolute Gasteiger partial charge is 0.260 e. The van der Waals surface area contributed by atoms with Crippen LogP contribution in [-0.4, -0.2) is 21.8 Å². The van der Waals surface area contributed by atoms with Crippen LogP contribution in [0, 0.1) is 5.92 Å². The molecule has 5 heteroatoms. The summed E-state index contributed by atoms with van der Waals surface area (Å²) in [6.45, 7) is 2.65. The van der Waals surface area contributed by atoms with Gasteiger partial charge in [0.15, 0.2) is 0 Å². The number of amides is 1. The van der Waals surface area contributed by atoms with Crippen molar-refractivity contribution in [1.82, 2.24) is 9.88 Å². The van der Waals surface area contributed by atoms with Gasteiger partial charge in [0, 0.05) is 18.2 Å². The Morgan fingerprint density at radius 1 is 1.35 bits per heavy atom. The number of carbonyl (C=O) groups excluding carboxylic acids is 1. The molecule has 23 heavy (non-hydrogen) atoms. The summed E-state index contributed by atoms with van der Waals surface area (Å²) in [4.78, 5) is 28.9. The lowest BCUT2D eigenvalue weighted by Crippen LogP contribution is -2.35. The van der Waals surface area contributed by atoms with Gasteiger partial charge in [0.1, 0.15) is 17.1 Å². The predicted octanol–water partition coefficient (Wildman–Crippen LogP) is 2.90. The Balaban J connectivity index is 1.54. The third-order valence-corrected chi connectivity index (χ3v) is 4.78. The summed E-state index contributed by atoms with van der Waals surface area (Å²) in [5.41, 5.74) is -0.142. The zero-order valence-electron chi connectivity index (χ0n) is 13.1. The summed E-state index contributed by atoms with van der Waals surface area (Å²) < 4.78 is 5.92. The van der Waals surface area contributed by atoms with E-state index >= 15 is 0 Å². The summed E-state index contributed by atoms with van der Waals surface area (Å²) >= 11 is 0. The third kappa shape index (κ3) is 2.83. The normalized spacial score (nSPS) is 22.8. The molecule has 2 aliphatic rings. The molecule has 2 aromatic heterocycles. The van der Waals surface area contributed by atoms with Crippen molar-refractivity contribution in [3.63, 3.8) is 0 Å². The highest BCUT2D eigenvalue weighted by Crippen LogP contribution is 2.47. The first-order chi connectivity index (χ1) is 11.1. The van der Waals surface area contributed by atoms with E-state index < -0.39 is 0 Å². The molecule has 5 nitrogen and oxygen atoms in total. The van der Waals surface area contributed by atoms with E-state index in [1.54, 1.807) is 17.0 Å². The van der Waals surface area contributed by atoms with Crippen molar-refractivity contribution in [1.29, 1.82) is 0 Å². The molecular formula is C18H20N2O3. The van der Waals surface area contributed by atoms with Crippen molar-refractivity contribution in [3.8, 4) is 0 Å². The van der Waals surface area contributed by atoms with Crippen LogP contribution in [0.25, 0.3) is 0 Å². The molecular weight excluding hydrogens is 292 g/mol. The monoisotopic (exact) mass is 312 g/mol. The first-order valence-electron chi connectivity index (χ1n) is 8.21. The third-order valence-electron chi connectivity index (χ3n) is 4.78. The maximum absolute atomic E-state index is 12.7. The minimum absolute atomic E-state index is 0.196. The Bertz CT molecular complexity index is 787. The van der Waals surface area contributed by atoms with Crippen LogP contribution in [0.3, 0.4) is 0 Å². The van der Waals surface area contributed by atoms with Crippen LogP contribution in [0.4, 0.5) is 0 Å². The first kappa shape index (κ1) is 14.3. The van der Waals surface area contributed by atoms with Crippen LogP contribution in [0.15, 0.2) is 39.7 Å². The van der Waals surface area contributed by atoms with E-state index in [2.05, 4.69) is 11.9 Å². The zero-order valence-corrected chi connectivity index (χ0v) is 13.1. The van der Waals surface area contributed by atoms with E-state index in [0.717, 1.165) is 24.4 Å². The molecule has 2 atom stereocenters. The molecule has 2 aliphatic carbocycles. The second-order valence-corrected chi connectivity index (χ2v) is 6.70. The number of furan rings is 1. The minimum atomic E-state index is -0.338. The molecule has 2 saturated carbocycles. The van der Waals surface area contributed by atoms with E-state index in [-0.39, 0.29) is 23.1 Å². The first-order valence-corrected chi connectivity index (χ1v) is 8.21. The van der Waals surface area contributed by atoms with Crippen LogP contribution < -0.4 is 5.56 Å². The molecule has 0 radical (unpaired) electrons. The van der Waals surface area contributed by atoms with Crippen molar-refractivity contribution < 1.29 is 9.21 Å². The van der Waals surface area contributed by atoms with Crippen molar-refractivity contribution in [2.24, 2.45) is 5.92 Å². The van der Waals surface area contributed by atoms with E-state index in [1.165, 1.54) is 12.6 Å². The van der Waals surface area contributed by atoms with Crippen LogP contribution >= 0.6 is 0 Å². The molecule has 0 saturated heterocycles. The van der Waals surface area contributed by atoms with Gasteiger partial charge in [-0.2, -0.15) is 0 Å². The number of hydrogen-bond acceptors (Lipinski definition) is 3. The van der Waals surface area contributed by atoms with Gasteiger partial charge in [0.25, 0.3) is 11.5 Å². The van der Waals surface area contributed by atoms with Gasteiger partial charge in [0.05, 0.1) is 6.54 Å². The average molecular weight is 312 g/mol. The number of carbonyl (C=O) groups is 1. The Morgan fingerprint density at radius 2 is 2.13 bits per heavy atom. The maximum atomic E-state index is 12.7. The van der Waals surface area contributed by atoms with Crippen molar-refractivity contribution in [2.45, 2.75) is 44.7 Å². The molecule has 2 fully saturated rings. The van der Waals surface area contributed by atoms with Crippen LogP contribution in [0.1, 0.15) is 54.0 Å². The van der Waals surface area contributed by atoms with Crippen molar-refractivity contribution in [3.05, 3.63) is 57.9 Å². The van der Waals surface area contributed by atoms with Gasteiger partial charge in [-0.25, -0.2) is 0 Å². The van der Waals surface area contributed by atoms with Gasteiger partial charge in [-0.3, -0.25) is 9.59 Å². The lowest BCUT2D eigenvalue weighted by atomic mass is 10.2. The fraction of sp³-hybridized carbons (Fsp3) is 0.444. The van der Waals surface area contributed by atoms with Crippen LogP contribution in [0.2, 0.25) is 0 Å². The van der Waals surface area contributed by atoms with Crippen molar-refractivity contribution in [2.75, 3.05) is 0 Å². The SMILES string of the molecule is C[C@@H]1C[C@H]1c1ccc(CN(C(=O)c2ccc[nH]c2=O)C2CC2)o1. The second kappa shape index (κ2) is 5.41. The summed E-state index contributed by atoms with van der Waals surface area (Å²) in [7, 11) is 0. The number of rotatable bonds is 5. The number of aromatic amines is 1. The average Bonchev–Trinajstić information content (AvgIpc) is 3.46. The molecule has 0 unspecified atom stereocenters. The molecule has 0 aromatic carbocycles. The number of nitrogens with zero attached hydrogens (tertiary/aromatic N) is 1. The van der Waals surface area contributed by atoms with Crippen molar-refractivity contribution >= 4 is 5.91 Å². The van der Waals surface area contributed by atoms with Gasteiger partial charge >= 0.3 is 0 Å². The number of nitrogens with one attached hydrogen (secondary N) is 1. The van der Waals surface area contributed by atoms with E-state index in [0.29, 0.717) is 18.4 Å². The summed E-state index contributed by atoms with van der Waals surface area (Å²) in [6.07, 6.45) is 4.70. The van der Waals surface area contributed by atoms with Crippen LogP contribution in [-0.2, 0) is 6.54 Å². The standard InChI is InChI=1S/C18H20N2O3/c1-11-9-15(11)16-7-6-13(23-16)10-20(12-4-5-12)18(22)14-3-2-8-19-17(14)21/h2-3,6-8,11-12,15H,4-5,9-10H2,1H3,(H,19,21)/t11-,15-/m1/s1. The van der Waals surface area contributed by atoms with Gasteiger partial charge in [-0.1, -0.05) is 6.92 Å². The Morgan fingerprint density at radius 3 is 2.78 bits per heavy atom. The Kier molecular flexibility index (Phi) is 3.36.